The molecule has 1 atom stereocenters. The van der Waals surface area contributed by atoms with Crippen LogP contribution < -0.4 is 0 Å². The van der Waals surface area contributed by atoms with Crippen LogP contribution in [0.1, 0.15) is 30.7 Å². The minimum Gasteiger partial charge on any atom is -0.481 e. The molecule has 2 rings (SSSR count). The Bertz CT molecular complexity index is 535. The second kappa shape index (κ2) is 3.88. The molecule has 0 saturated heterocycles. The molecule has 1 N–H and O–H groups in total. The summed E-state index contributed by atoms with van der Waals surface area (Å²) in [6.07, 6.45) is 3.51. The minimum atomic E-state index is -0.817. The molecule has 0 spiro atoms. The SMILES string of the molecule is Cc1nc2ncc(C(C)CC(=O)O)cn2n1. The molecule has 0 amide bonds. The van der Waals surface area contributed by atoms with E-state index in [-0.39, 0.29) is 12.3 Å². The Morgan fingerprint density at radius 3 is 3.06 bits per heavy atom. The molecule has 0 aliphatic heterocycles. The summed E-state index contributed by atoms with van der Waals surface area (Å²) in [5.41, 5.74) is 0.847. The molecule has 2 aromatic rings. The van der Waals surface area contributed by atoms with Gasteiger partial charge in [-0.3, -0.25) is 4.79 Å². The summed E-state index contributed by atoms with van der Waals surface area (Å²) < 4.78 is 1.57. The number of fused-ring (bicyclic) bond motifs is 1. The fraction of sp³-hybridized carbons (Fsp3) is 0.400. The summed E-state index contributed by atoms with van der Waals surface area (Å²) in [7, 11) is 0. The van der Waals surface area contributed by atoms with Gasteiger partial charge in [-0.25, -0.2) is 9.50 Å². The highest BCUT2D eigenvalue weighted by Gasteiger charge is 2.12. The van der Waals surface area contributed by atoms with Gasteiger partial charge in [0.1, 0.15) is 5.82 Å². The Morgan fingerprint density at radius 1 is 1.62 bits per heavy atom. The third-order valence-corrected chi connectivity index (χ3v) is 2.37. The first-order valence-electron chi connectivity index (χ1n) is 4.97. The van der Waals surface area contributed by atoms with E-state index in [1.165, 1.54) is 0 Å². The summed E-state index contributed by atoms with van der Waals surface area (Å²) in [6.45, 7) is 3.63. The Labute approximate surface area is 92.0 Å². The van der Waals surface area contributed by atoms with E-state index in [2.05, 4.69) is 15.1 Å². The number of hydrogen-bond acceptors (Lipinski definition) is 4. The van der Waals surface area contributed by atoms with Crippen molar-refractivity contribution in [3.8, 4) is 0 Å². The number of aromatic nitrogens is 4. The van der Waals surface area contributed by atoms with E-state index in [1.807, 2.05) is 6.92 Å². The lowest BCUT2D eigenvalue weighted by atomic mass is 10.0. The number of carboxylic acid groups (broad SMARTS) is 1. The summed E-state index contributed by atoms with van der Waals surface area (Å²) >= 11 is 0. The maximum Gasteiger partial charge on any atom is 0.303 e. The molecular weight excluding hydrogens is 208 g/mol. The Hall–Kier alpha value is -1.98. The van der Waals surface area contributed by atoms with Crippen LogP contribution >= 0.6 is 0 Å². The van der Waals surface area contributed by atoms with Crippen LogP contribution in [0.5, 0.6) is 0 Å². The Morgan fingerprint density at radius 2 is 2.38 bits per heavy atom. The second-order valence-corrected chi connectivity index (χ2v) is 3.79. The summed E-state index contributed by atoms with van der Waals surface area (Å²) in [5.74, 6) is 0.278. The average Bonchev–Trinajstić information content (AvgIpc) is 2.55. The second-order valence-electron chi connectivity index (χ2n) is 3.79. The van der Waals surface area contributed by atoms with E-state index < -0.39 is 5.97 Å². The van der Waals surface area contributed by atoms with Crippen LogP contribution in [0.15, 0.2) is 12.4 Å². The first-order valence-corrected chi connectivity index (χ1v) is 4.97. The van der Waals surface area contributed by atoms with Crippen LogP contribution in [0.4, 0.5) is 0 Å². The van der Waals surface area contributed by atoms with Crippen LogP contribution in [0.2, 0.25) is 0 Å². The quantitative estimate of drug-likeness (QED) is 0.834. The van der Waals surface area contributed by atoms with Crippen molar-refractivity contribution in [3.05, 3.63) is 23.8 Å². The topological polar surface area (TPSA) is 80.4 Å². The van der Waals surface area contributed by atoms with Gasteiger partial charge in [0, 0.05) is 12.4 Å². The van der Waals surface area contributed by atoms with Crippen molar-refractivity contribution in [1.29, 1.82) is 0 Å². The predicted molar refractivity (Wildman–Crippen MR) is 56.2 cm³/mol. The van der Waals surface area contributed by atoms with E-state index in [4.69, 9.17) is 5.11 Å². The number of carboxylic acids is 1. The van der Waals surface area contributed by atoms with Crippen molar-refractivity contribution in [2.75, 3.05) is 0 Å². The van der Waals surface area contributed by atoms with Gasteiger partial charge in [0.25, 0.3) is 5.78 Å². The van der Waals surface area contributed by atoms with Gasteiger partial charge in [0.05, 0.1) is 6.42 Å². The molecule has 0 aliphatic carbocycles. The standard InChI is InChI=1S/C10H12N4O2/c1-6(3-9(15)16)8-4-11-10-12-7(2)13-14(10)5-8/h4-6H,3H2,1-2H3,(H,15,16). The fourth-order valence-corrected chi connectivity index (χ4v) is 1.53. The van der Waals surface area contributed by atoms with Crippen molar-refractivity contribution >= 4 is 11.7 Å². The molecule has 16 heavy (non-hydrogen) atoms. The zero-order valence-electron chi connectivity index (χ0n) is 9.08. The van der Waals surface area contributed by atoms with E-state index in [1.54, 1.807) is 23.8 Å². The molecule has 0 aromatic carbocycles. The van der Waals surface area contributed by atoms with Gasteiger partial charge in [-0.1, -0.05) is 6.92 Å². The van der Waals surface area contributed by atoms with E-state index in [0.717, 1.165) is 5.56 Å². The zero-order valence-corrected chi connectivity index (χ0v) is 9.08. The van der Waals surface area contributed by atoms with Crippen molar-refractivity contribution in [2.45, 2.75) is 26.2 Å². The molecule has 6 heteroatoms. The number of carbonyl (C=O) groups is 1. The molecule has 2 aromatic heterocycles. The third kappa shape index (κ3) is 2.00. The monoisotopic (exact) mass is 220 g/mol. The lowest BCUT2D eigenvalue weighted by Gasteiger charge is -2.07. The fourth-order valence-electron chi connectivity index (χ4n) is 1.53. The zero-order chi connectivity index (χ0) is 11.7. The molecule has 1 unspecified atom stereocenters. The smallest absolute Gasteiger partial charge is 0.303 e. The van der Waals surface area contributed by atoms with Gasteiger partial charge in [0.15, 0.2) is 0 Å². The van der Waals surface area contributed by atoms with Crippen LogP contribution in [-0.4, -0.2) is 30.7 Å². The van der Waals surface area contributed by atoms with Crippen molar-refractivity contribution < 1.29 is 9.90 Å². The van der Waals surface area contributed by atoms with Crippen molar-refractivity contribution in [3.63, 3.8) is 0 Å². The third-order valence-electron chi connectivity index (χ3n) is 2.37. The van der Waals surface area contributed by atoms with Crippen molar-refractivity contribution in [1.82, 2.24) is 19.6 Å². The minimum absolute atomic E-state index is 0.0842. The molecule has 6 nitrogen and oxygen atoms in total. The number of aryl methyl sites for hydroxylation is 1. The Kier molecular flexibility index (Phi) is 2.55. The number of aliphatic carboxylic acids is 1. The molecule has 84 valence electrons. The van der Waals surface area contributed by atoms with Gasteiger partial charge >= 0.3 is 5.97 Å². The first-order chi connectivity index (χ1) is 7.56. The molecule has 0 bridgehead atoms. The average molecular weight is 220 g/mol. The highest BCUT2D eigenvalue weighted by molar-refractivity contribution is 5.67. The highest BCUT2D eigenvalue weighted by Crippen LogP contribution is 2.17. The summed E-state index contributed by atoms with van der Waals surface area (Å²) in [4.78, 5) is 18.8. The first kappa shape index (κ1) is 10.5. The molecule has 0 saturated carbocycles. The number of rotatable bonds is 3. The van der Waals surface area contributed by atoms with Crippen LogP contribution in [-0.2, 0) is 4.79 Å². The van der Waals surface area contributed by atoms with Crippen molar-refractivity contribution in [2.24, 2.45) is 0 Å². The molecular formula is C10H12N4O2. The maximum atomic E-state index is 10.6. The van der Waals surface area contributed by atoms with Gasteiger partial charge < -0.3 is 5.11 Å². The largest absolute Gasteiger partial charge is 0.481 e. The van der Waals surface area contributed by atoms with Gasteiger partial charge in [0.2, 0.25) is 0 Å². The molecule has 0 fully saturated rings. The summed E-state index contributed by atoms with van der Waals surface area (Å²) in [5, 5.41) is 12.8. The van der Waals surface area contributed by atoms with Gasteiger partial charge in [-0.2, -0.15) is 10.1 Å². The van der Waals surface area contributed by atoms with Crippen LogP contribution in [0, 0.1) is 6.92 Å². The lowest BCUT2D eigenvalue weighted by molar-refractivity contribution is -0.137. The predicted octanol–water partition coefficient (Wildman–Crippen LogP) is 1.01. The summed E-state index contributed by atoms with van der Waals surface area (Å²) in [6, 6.07) is 0. The molecule has 2 heterocycles. The lowest BCUT2D eigenvalue weighted by Crippen LogP contribution is -2.05. The molecule has 0 radical (unpaired) electrons. The number of nitrogens with zero attached hydrogens (tertiary/aromatic N) is 4. The van der Waals surface area contributed by atoms with E-state index in [0.29, 0.717) is 11.6 Å². The van der Waals surface area contributed by atoms with E-state index >= 15 is 0 Å². The maximum absolute atomic E-state index is 10.6. The van der Waals surface area contributed by atoms with Crippen LogP contribution in [0.3, 0.4) is 0 Å². The van der Waals surface area contributed by atoms with E-state index in [9.17, 15) is 4.79 Å². The molecule has 0 aliphatic rings. The number of hydrogen-bond donors (Lipinski definition) is 1. The van der Waals surface area contributed by atoms with Gasteiger partial charge in [-0.05, 0) is 18.4 Å². The normalized spacial score (nSPS) is 12.9. The van der Waals surface area contributed by atoms with Gasteiger partial charge in [-0.15, -0.1) is 0 Å². The Balaban J connectivity index is 2.34. The van der Waals surface area contributed by atoms with Crippen LogP contribution in [0.25, 0.3) is 5.78 Å². The highest BCUT2D eigenvalue weighted by atomic mass is 16.4.